The maximum Gasteiger partial charge on any atom is 0.338 e. The van der Waals surface area contributed by atoms with Crippen LogP contribution in [0, 0.1) is 5.92 Å². The third-order valence-electron chi connectivity index (χ3n) is 6.86. The summed E-state index contributed by atoms with van der Waals surface area (Å²) in [5, 5.41) is 2.16. The van der Waals surface area contributed by atoms with Gasteiger partial charge in [-0.05, 0) is 59.7 Å². The van der Waals surface area contributed by atoms with Gasteiger partial charge in [-0.25, -0.2) is 4.79 Å². The standard InChI is InChI=1S/C33H44O4/c1-4-6-7-8-9-10-11-12-22-35-30-20-21-31-29(23-30)14-13-15-32(31)36-25-27-16-18-28(19-17-27)33(34)37-24-26(3)5-2/h13-21,23,26H,4-12,22,24-25H2,1-3H3/t26-/m1/s1. The van der Waals surface area contributed by atoms with E-state index in [1.54, 1.807) is 12.1 Å². The first-order valence-corrected chi connectivity index (χ1v) is 14.1. The van der Waals surface area contributed by atoms with Gasteiger partial charge in [-0.15, -0.1) is 0 Å². The van der Waals surface area contributed by atoms with Crippen LogP contribution in [0.1, 0.15) is 94.5 Å². The number of esters is 1. The molecule has 0 saturated heterocycles. The molecule has 200 valence electrons. The van der Waals surface area contributed by atoms with E-state index < -0.39 is 0 Å². The highest BCUT2D eigenvalue weighted by molar-refractivity contribution is 5.90. The smallest absolute Gasteiger partial charge is 0.338 e. The molecule has 0 aromatic heterocycles. The molecular formula is C33H44O4. The Morgan fingerprint density at radius 1 is 0.811 bits per heavy atom. The SMILES string of the molecule is CCCCCCCCCCOc1ccc2c(OCc3ccc(C(=O)OC[C@H](C)CC)cc3)cccc2c1. The molecule has 4 nitrogen and oxygen atoms in total. The summed E-state index contributed by atoms with van der Waals surface area (Å²) in [6, 6.07) is 19.7. The lowest BCUT2D eigenvalue weighted by Gasteiger charge is -2.12. The summed E-state index contributed by atoms with van der Waals surface area (Å²) in [7, 11) is 0. The topological polar surface area (TPSA) is 44.8 Å². The molecule has 0 aliphatic rings. The Bertz CT molecular complexity index is 1070. The molecule has 0 saturated carbocycles. The first-order chi connectivity index (χ1) is 18.1. The number of ether oxygens (including phenoxy) is 3. The van der Waals surface area contributed by atoms with Crippen molar-refractivity contribution in [2.24, 2.45) is 5.92 Å². The van der Waals surface area contributed by atoms with E-state index in [0.29, 0.717) is 24.7 Å². The quantitative estimate of drug-likeness (QED) is 0.136. The molecule has 0 fully saturated rings. The maximum absolute atomic E-state index is 12.2. The van der Waals surface area contributed by atoms with Crippen LogP contribution in [-0.2, 0) is 11.3 Å². The zero-order valence-electron chi connectivity index (χ0n) is 23.0. The largest absolute Gasteiger partial charge is 0.494 e. The van der Waals surface area contributed by atoms with Gasteiger partial charge in [0.25, 0.3) is 0 Å². The van der Waals surface area contributed by atoms with Gasteiger partial charge in [-0.1, -0.05) is 96.4 Å². The summed E-state index contributed by atoms with van der Waals surface area (Å²) in [5.74, 6) is 1.84. The number of fused-ring (bicyclic) bond motifs is 1. The first-order valence-electron chi connectivity index (χ1n) is 14.1. The van der Waals surface area contributed by atoms with Crippen molar-refractivity contribution in [3.05, 3.63) is 71.8 Å². The number of carbonyl (C=O) groups is 1. The molecule has 3 rings (SSSR count). The lowest BCUT2D eigenvalue weighted by atomic mass is 10.1. The number of hydrogen-bond donors (Lipinski definition) is 0. The van der Waals surface area contributed by atoms with E-state index in [9.17, 15) is 4.79 Å². The Kier molecular flexibility index (Phi) is 12.3. The van der Waals surface area contributed by atoms with Crippen molar-refractivity contribution in [2.75, 3.05) is 13.2 Å². The molecule has 3 aromatic carbocycles. The van der Waals surface area contributed by atoms with Crippen LogP contribution >= 0.6 is 0 Å². The molecule has 37 heavy (non-hydrogen) atoms. The van der Waals surface area contributed by atoms with Gasteiger partial charge in [0.05, 0.1) is 18.8 Å². The van der Waals surface area contributed by atoms with Crippen molar-refractivity contribution >= 4 is 16.7 Å². The third-order valence-corrected chi connectivity index (χ3v) is 6.86. The van der Waals surface area contributed by atoms with Crippen molar-refractivity contribution in [1.82, 2.24) is 0 Å². The second-order valence-electron chi connectivity index (χ2n) is 10.1. The van der Waals surface area contributed by atoms with E-state index in [0.717, 1.165) is 47.3 Å². The van der Waals surface area contributed by atoms with Crippen molar-refractivity contribution < 1.29 is 19.0 Å². The van der Waals surface area contributed by atoms with Crippen LogP contribution in [0.3, 0.4) is 0 Å². The summed E-state index contributed by atoms with van der Waals surface area (Å²) in [5.41, 5.74) is 1.57. The minimum atomic E-state index is -0.276. The zero-order valence-corrected chi connectivity index (χ0v) is 23.0. The van der Waals surface area contributed by atoms with Gasteiger partial charge in [0.2, 0.25) is 0 Å². The predicted octanol–water partition coefficient (Wildman–Crippen LogP) is 9.14. The average Bonchev–Trinajstić information content (AvgIpc) is 2.93. The van der Waals surface area contributed by atoms with Gasteiger partial charge < -0.3 is 14.2 Å². The Morgan fingerprint density at radius 2 is 1.54 bits per heavy atom. The molecule has 0 amide bonds. The molecular weight excluding hydrogens is 460 g/mol. The van der Waals surface area contributed by atoms with Crippen LogP contribution < -0.4 is 9.47 Å². The lowest BCUT2D eigenvalue weighted by molar-refractivity contribution is 0.0447. The van der Waals surface area contributed by atoms with Crippen molar-refractivity contribution in [2.45, 2.75) is 85.2 Å². The fraction of sp³-hybridized carbons (Fsp3) is 0.485. The Hall–Kier alpha value is -3.01. The summed E-state index contributed by atoms with van der Waals surface area (Å²) < 4.78 is 17.5. The van der Waals surface area contributed by atoms with E-state index in [1.807, 2.05) is 30.3 Å². The minimum absolute atomic E-state index is 0.276. The van der Waals surface area contributed by atoms with Gasteiger partial charge in [0.15, 0.2) is 0 Å². The van der Waals surface area contributed by atoms with E-state index >= 15 is 0 Å². The molecule has 0 heterocycles. The van der Waals surface area contributed by atoms with Gasteiger partial charge in [0.1, 0.15) is 18.1 Å². The van der Waals surface area contributed by atoms with E-state index in [1.165, 1.54) is 44.9 Å². The summed E-state index contributed by atoms with van der Waals surface area (Å²) in [6.45, 7) is 8.07. The molecule has 3 aromatic rings. The van der Waals surface area contributed by atoms with E-state index in [4.69, 9.17) is 14.2 Å². The maximum atomic E-state index is 12.2. The predicted molar refractivity (Wildman–Crippen MR) is 153 cm³/mol. The van der Waals surface area contributed by atoms with Crippen LogP contribution in [0.15, 0.2) is 60.7 Å². The molecule has 0 N–H and O–H groups in total. The number of benzene rings is 3. The second-order valence-corrected chi connectivity index (χ2v) is 10.1. The zero-order chi connectivity index (χ0) is 26.3. The molecule has 0 radical (unpaired) electrons. The van der Waals surface area contributed by atoms with Crippen LogP contribution in [0.4, 0.5) is 0 Å². The number of carbonyl (C=O) groups excluding carboxylic acids is 1. The first kappa shape index (κ1) is 28.6. The van der Waals surface area contributed by atoms with E-state index in [2.05, 4.69) is 39.0 Å². The molecule has 1 atom stereocenters. The molecule has 0 spiro atoms. The molecule has 4 heteroatoms. The number of hydrogen-bond acceptors (Lipinski definition) is 4. The summed E-state index contributed by atoms with van der Waals surface area (Å²) >= 11 is 0. The van der Waals surface area contributed by atoms with Crippen LogP contribution in [0.25, 0.3) is 10.8 Å². The molecule has 0 bridgehead atoms. The van der Waals surface area contributed by atoms with Crippen molar-refractivity contribution in [3.8, 4) is 11.5 Å². The highest BCUT2D eigenvalue weighted by Gasteiger charge is 2.10. The molecule has 0 aliphatic carbocycles. The second kappa shape index (κ2) is 16.0. The van der Waals surface area contributed by atoms with Gasteiger partial charge in [0, 0.05) is 5.39 Å². The summed E-state index contributed by atoms with van der Waals surface area (Å²) in [6.07, 6.45) is 11.4. The highest BCUT2D eigenvalue weighted by Crippen LogP contribution is 2.29. The highest BCUT2D eigenvalue weighted by atomic mass is 16.5. The Morgan fingerprint density at radius 3 is 2.27 bits per heavy atom. The van der Waals surface area contributed by atoms with Crippen LogP contribution in [0.5, 0.6) is 11.5 Å². The van der Waals surface area contributed by atoms with Crippen molar-refractivity contribution in [1.29, 1.82) is 0 Å². The number of unbranched alkanes of at least 4 members (excludes halogenated alkanes) is 7. The lowest BCUT2D eigenvalue weighted by Crippen LogP contribution is -2.11. The third kappa shape index (κ3) is 9.76. The van der Waals surface area contributed by atoms with Crippen molar-refractivity contribution in [3.63, 3.8) is 0 Å². The fourth-order valence-electron chi connectivity index (χ4n) is 4.19. The Labute approximate surface area is 223 Å². The monoisotopic (exact) mass is 504 g/mol. The van der Waals surface area contributed by atoms with E-state index in [-0.39, 0.29) is 5.97 Å². The minimum Gasteiger partial charge on any atom is -0.494 e. The number of rotatable bonds is 17. The average molecular weight is 505 g/mol. The van der Waals surface area contributed by atoms with Gasteiger partial charge in [-0.3, -0.25) is 0 Å². The van der Waals surface area contributed by atoms with Crippen LogP contribution in [-0.4, -0.2) is 19.2 Å². The summed E-state index contributed by atoms with van der Waals surface area (Å²) in [4.78, 5) is 12.2. The van der Waals surface area contributed by atoms with Gasteiger partial charge >= 0.3 is 5.97 Å². The normalized spacial score (nSPS) is 11.9. The molecule has 0 aliphatic heterocycles. The van der Waals surface area contributed by atoms with Gasteiger partial charge in [-0.2, -0.15) is 0 Å². The Balaban J connectivity index is 1.46. The van der Waals surface area contributed by atoms with Crippen LogP contribution in [0.2, 0.25) is 0 Å². The molecule has 0 unspecified atom stereocenters. The fourth-order valence-corrected chi connectivity index (χ4v) is 4.19.